The van der Waals surface area contributed by atoms with E-state index >= 15 is 0 Å². The molecule has 0 spiro atoms. The van der Waals surface area contributed by atoms with E-state index in [-0.39, 0.29) is 59.1 Å². The molecule has 0 unspecified atom stereocenters. The minimum atomic E-state index is -5.24. The third kappa shape index (κ3) is 5.60. The van der Waals surface area contributed by atoms with Gasteiger partial charge in [0.15, 0.2) is 0 Å². The third-order valence-corrected chi connectivity index (χ3v) is 5.32. The van der Waals surface area contributed by atoms with Crippen LogP contribution in [0, 0.1) is 0 Å². The Morgan fingerprint density at radius 3 is 1.44 bits per heavy atom. The molecule has 15 heteroatoms. The van der Waals surface area contributed by atoms with Gasteiger partial charge in [0.25, 0.3) is 0 Å². The van der Waals surface area contributed by atoms with Crippen LogP contribution in [0.2, 0.25) is 0 Å². The summed E-state index contributed by atoms with van der Waals surface area (Å²) in [7, 11) is -15.4. The van der Waals surface area contributed by atoms with E-state index in [0.29, 0.717) is 24.3 Å². The minimum absolute atomic E-state index is 0. The zero-order valence-corrected chi connectivity index (χ0v) is 19.2. The molecule has 2 aromatic rings. The molecular formula is C10H6NNa2O9S3-. The average molecular weight is 426 g/mol. The van der Waals surface area contributed by atoms with E-state index in [1.807, 2.05) is 0 Å². The molecule has 0 heterocycles. The maximum atomic E-state index is 11.3. The van der Waals surface area contributed by atoms with Gasteiger partial charge in [0.1, 0.15) is 30.4 Å². The van der Waals surface area contributed by atoms with Gasteiger partial charge in [0.2, 0.25) is 0 Å². The molecule has 126 valence electrons. The molecule has 0 aromatic heterocycles. The number of benzene rings is 2. The van der Waals surface area contributed by atoms with E-state index in [9.17, 15) is 38.9 Å². The summed E-state index contributed by atoms with van der Waals surface area (Å²) < 4.78 is 100. The normalized spacial score (nSPS) is 12.3. The van der Waals surface area contributed by atoms with Crippen molar-refractivity contribution >= 4 is 46.8 Å². The summed E-state index contributed by atoms with van der Waals surface area (Å²) in [6, 6.07) is 2.20. The number of anilines is 1. The van der Waals surface area contributed by atoms with E-state index in [4.69, 9.17) is 5.73 Å². The fraction of sp³-hybridized carbons (Fsp3) is 0. The summed E-state index contributed by atoms with van der Waals surface area (Å²) in [5, 5.41) is -0.953. The quantitative estimate of drug-likeness (QED) is 0.279. The molecule has 2 N–H and O–H groups in total. The monoisotopic (exact) mass is 426 g/mol. The van der Waals surface area contributed by atoms with Crippen molar-refractivity contribution < 1.29 is 98.0 Å². The van der Waals surface area contributed by atoms with E-state index in [2.05, 4.69) is 0 Å². The van der Waals surface area contributed by atoms with Crippen LogP contribution in [0.3, 0.4) is 0 Å². The Kier molecular flexibility index (Phi) is 8.15. The summed E-state index contributed by atoms with van der Waals surface area (Å²) in [4.78, 5) is -3.08. The Labute approximate surface area is 187 Å². The van der Waals surface area contributed by atoms with E-state index < -0.39 is 61.5 Å². The SMILES string of the molecule is Nc1cc(S(=O)(=O)[O-])cc2cc(S(=O)(=O)[O-])cc(S(=O)(=O)[O-])c12.[Na+].[Na+]. The average Bonchev–Trinajstić information content (AvgIpc) is 2.33. The number of hydrogen-bond donors (Lipinski definition) is 1. The molecule has 0 radical (unpaired) electrons. The van der Waals surface area contributed by atoms with Gasteiger partial charge in [-0.15, -0.1) is 0 Å². The Hall–Kier alpha value is 0.230. The smallest absolute Gasteiger partial charge is 0.744 e. The van der Waals surface area contributed by atoms with Gasteiger partial charge in [0, 0.05) is 11.1 Å². The van der Waals surface area contributed by atoms with E-state index in [1.165, 1.54) is 0 Å². The van der Waals surface area contributed by atoms with Crippen LogP contribution < -0.4 is 64.8 Å². The first kappa shape index (κ1) is 25.2. The second-order valence-electron chi connectivity index (χ2n) is 4.39. The van der Waals surface area contributed by atoms with Crippen molar-refractivity contribution in [2.75, 3.05) is 5.73 Å². The molecule has 0 bridgehead atoms. The fourth-order valence-corrected chi connectivity index (χ4v) is 3.85. The molecule has 25 heavy (non-hydrogen) atoms. The third-order valence-electron chi connectivity index (χ3n) is 2.84. The molecule has 0 atom stereocenters. The van der Waals surface area contributed by atoms with Gasteiger partial charge in [-0.05, 0) is 29.7 Å². The van der Waals surface area contributed by atoms with Crippen molar-refractivity contribution in [3.05, 3.63) is 24.3 Å². The molecule has 10 nitrogen and oxygen atoms in total. The Morgan fingerprint density at radius 2 is 1.08 bits per heavy atom. The molecule has 0 fully saturated rings. The Bertz CT molecular complexity index is 1140. The first-order chi connectivity index (χ1) is 10.2. The van der Waals surface area contributed by atoms with Crippen molar-refractivity contribution in [3.63, 3.8) is 0 Å². The Morgan fingerprint density at radius 1 is 0.680 bits per heavy atom. The van der Waals surface area contributed by atoms with Crippen LogP contribution in [0.1, 0.15) is 0 Å². The summed E-state index contributed by atoms with van der Waals surface area (Å²) in [5.74, 6) is 0. The largest absolute Gasteiger partial charge is 1.00 e. The van der Waals surface area contributed by atoms with Crippen LogP contribution >= 0.6 is 0 Å². The van der Waals surface area contributed by atoms with Crippen LogP contribution in [0.5, 0.6) is 0 Å². The maximum absolute atomic E-state index is 11.3. The summed E-state index contributed by atoms with van der Waals surface area (Å²) in [6.45, 7) is 0. The molecule has 2 aromatic carbocycles. The summed E-state index contributed by atoms with van der Waals surface area (Å²) in [6.07, 6.45) is 0. The zero-order chi connectivity index (χ0) is 17.8. The summed E-state index contributed by atoms with van der Waals surface area (Å²) in [5.41, 5.74) is 4.92. The maximum Gasteiger partial charge on any atom is 1.00 e. The first-order valence-electron chi connectivity index (χ1n) is 5.46. The van der Waals surface area contributed by atoms with Gasteiger partial charge in [-0.1, -0.05) is 0 Å². The number of fused-ring (bicyclic) bond motifs is 1. The second-order valence-corrected chi connectivity index (χ2v) is 8.50. The fourth-order valence-electron chi connectivity index (χ4n) is 1.94. The summed E-state index contributed by atoms with van der Waals surface area (Å²) >= 11 is 0. The number of nitrogens with two attached hydrogens (primary N) is 1. The van der Waals surface area contributed by atoms with Crippen LogP contribution in [-0.2, 0) is 30.4 Å². The van der Waals surface area contributed by atoms with Gasteiger partial charge in [-0.2, -0.15) is 0 Å². The van der Waals surface area contributed by atoms with E-state index in [1.54, 1.807) is 0 Å². The van der Waals surface area contributed by atoms with Gasteiger partial charge in [-0.25, -0.2) is 25.3 Å². The molecule has 0 aliphatic rings. The van der Waals surface area contributed by atoms with Gasteiger partial charge < -0.3 is 19.4 Å². The van der Waals surface area contributed by atoms with Crippen molar-refractivity contribution in [2.45, 2.75) is 14.7 Å². The molecule has 0 amide bonds. The topological polar surface area (TPSA) is 198 Å². The standard InChI is InChI=1S/C10H9NO9S3.2Na/c11-8-3-6(21(12,13)14)1-5-2-7(22(15,16)17)4-9(10(5)8)23(18,19)20;;/h1-4H,11H2,(H,12,13,14)(H,15,16,17)(H,18,19,20);;/q;2*+1/p-3. The predicted molar refractivity (Wildman–Crippen MR) is 72.3 cm³/mol. The molecule has 0 aliphatic carbocycles. The number of hydrogen-bond acceptors (Lipinski definition) is 10. The molecule has 0 saturated heterocycles. The van der Waals surface area contributed by atoms with Gasteiger partial charge in [0.05, 0.1) is 14.7 Å². The van der Waals surface area contributed by atoms with Gasteiger partial charge >= 0.3 is 59.1 Å². The van der Waals surface area contributed by atoms with Crippen molar-refractivity contribution in [3.8, 4) is 0 Å². The van der Waals surface area contributed by atoms with E-state index in [0.717, 1.165) is 0 Å². The predicted octanol–water partition coefficient (Wildman–Crippen LogP) is -6.86. The number of rotatable bonds is 3. The van der Waals surface area contributed by atoms with Crippen molar-refractivity contribution in [2.24, 2.45) is 0 Å². The number of nitrogen functional groups attached to an aromatic ring is 1. The zero-order valence-electron chi connectivity index (χ0n) is 12.8. The molecule has 0 saturated carbocycles. The Balaban J connectivity index is 0.00000288. The van der Waals surface area contributed by atoms with Crippen LogP contribution in [0.15, 0.2) is 39.0 Å². The molecule has 0 aliphatic heterocycles. The van der Waals surface area contributed by atoms with Crippen LogP contribution in [-0.4, -0.2) is 38.9 Å². The second kappa shape index (κ2) is 8.08. The van der Waals surface area contributed by atoms with Crippen molar-refractivity contribution in [1.82, 2.24) is 0 Å². The minimum Gasteiger partial charge on any atom is -0.744 e. The molecular weight excluding hydrogens is 420 g/mol. The van der Waals surface area contributed by atoms with Crippen LogP contribution in [0.25, 0.3) is 10.8 Å². The molecule has 2 rings (SSSR count). The van der Waals surface area contributed by atoms with Crippen molar-refractivity contribution in [1.29, 1.82) is 0 Å². The van der Waals surface area contributed by atoms with Gasteiger partial charge in [-0.3, -0.25) is 0 Å². The van der Waals surface area contributed by atoms with Crippen LogP contribution in [0.4, 0.5) is 5.69 Å². The first-order valence-corrected chi connectivity index (χ1v) is 9.69.